The highest BCUT2D eigenvalue weighted by Crippen LogP contribution is 2.22. The summed E-state index contributed by atoms with van der Waals surface area (Å²) in [5.41, 5.74) is 3.04. The van der Waals surface area contributed by atoms with Gasteiger partial charge in [0.25, 0.3) is 0 Å². The molecule has 0 saturated carbocycles. The van der Waals surface area contributed by atoms with Crippen molar-refractivity contribution in [2.75, 3.05) is 33.5 Å². The van der Waals surface area contributed by atoms with Gasteiger partial charge in [-0.2, -0.15) is 0 Å². The van der Waals surface area contributed by atoms with Gasteiger partial charge in [-0.25, -0.2) is 9.97 Å². The fraction of sp³-hybridized carbons (Fsp3) is 0.389. The fourth-order valence-electron chi connectivity index (χ4n) is 2.63. The number of aromatic nitrogens is 2. The van der Waals surface area contributed by atoms with Gasteiger partial charge in [0.05, 0.1) is 0 Å². The number of nitrogens with zero attached hydrogens (tertiary/aromatic N) is 4. The first-order valence-electron chi connectivity index (χ1n) is 7.89. The van der Waals surface area contributed by atoms with Crippen molar-refractivity contribution in [3.8, 4) is 0 Å². The third-order valence-corrected chi connectivity index (χ3v) is 3.83. The molecule has 0 saturated heterocycles. The highest BCUT2D eigenvalue weighted by molar-refractivity contribution is 5.83. The first kappa shape index (κ1) is 17.9. The summed E-state index contributed by atoms with van der Waals surface area (Å²) in [7, 11) is 7.42. The zero-order chi connectivity index (χ0) is 17.7. The van der Waals surface area contributed by atoms with Crippen LogP contribution in [0.1, 0.15) is 22.7 Å². The standard InChI is InChI=1S/C18H25N5O/c1-13-7-6-8-15(9-13)16(22(3)4)17(24)23(5)12-14-10-20-18(19-2)21-11-14/h6-11,16H,12H2,1-5H3,(H,19,20,21)/t16-/m0/s1. The van der Waals surface area contributed by atoms with Crippen molar-refractivity contribution in [3.63, 3.8) is 0 Å². The lowest BCUT2D eigenvalue weighted by molar-refractivity contribution is -0.135. The number of nitrogens with one attached hydrogen (secondary N) is 1. The molecule has 0 radical (unpaired) electrons. The molecule has 0 fully saturated rings. The molecule has 0 spiro atoms. The zero-order valence-corrected chi connectivity index (χ0v) is 14.9. The van der Waals surface area contributed by atoms with E-state index in [1.54, 1.807) is 31.4 Å². The molecule has 0 unspecified atom stereocenters. The van der Waals surface area contributed by atoms with Crippen LogP contribution < -0.4 is 5.32 Å². The lowest BCUT2D eigenvalue weighted by Crippen LogP contribution is -2.38. The summed E-state index contributed by atoms with van der Waals surface area (Å²) in [6, 6.07) is 7.76. The van der Waals surface area contributed by atoms with Gasteiger partial charge in [-0.15, -0.1) is 0 Å². The smallest absolute Gasteiger partial charge is 0.244 e. The number of carbonyl (C=O) groups is 1. The third kappa shape index (κ3) is 4.29. The highest BCUT2D eigenvalue weighted by atomic mass is 16.2. The summed E-state index contributed by atoms with van der Waals surface area (Å²) in [6.07, 6.45) is 3.47. The van der Waals surface area contributed by atoms with Gasteiger partial charge in [-0.3, -0.25) is 9.69 Å². The zero-order valence-electron chi connectivity index (χ0n) is 14.9. The molecule has 1 aromatic carbocycles. The molecule has 0 bridgehead atoms. The largest absolute Gasteiger partial charge is 0.357 e. The molecule has 1 N–H and O–H groups in total. The topological polar surface area (TPSA) is 61.4 Å². The highest BCUT2D eigenvalue weighted by Gasteiger charge is 2.26. The molecule has 24 heavy (non-hydrogen) atoms. The van der Waals surface area contributed by atoms with E-state index >= 15 is 0 Å². The maximum atomic E-state index is 13.0. The van der Waals surface area contributed by atoms with E-state index < -0.39 is 0 Å². The lowest BCUT2D eigenvalue weighted by atomic mass is 10.0. The van der Waals surface area contributed by atoms with Crippen LogP contribution in [0.4, 0.5) is 5.95 Å². The van der Waals surface area contributed by atoms with Crippen molar-refractivity contribution in [2.45, 2.75) is 19.5 Å². The second kappa shape index (κ2) is 7.88. The van der Waals surface area contributed by atoms with Gasteiger partial charge in [0.15, 0.2) is 0 Å². The number of amides is 1. The number of anilines is 1. The van der Waals surface area contributed by atoms with Crippen LogP contribution in [0.25, 0.3) is 0 Å². The van der Waals surface area contributed by atoms with E-state index in [0.717, 1.165) is 16.7 Å². The Balaban J connectivity index is 2.16. The Bertz CT molecular complexity index is 684. The number of rotatable bonds is 6. The minimum absolute atomic E-state index is 0.0447. The third-order valence-electron chi connectivity index (χ3n) is 3.83. The summed E-state index contributed by atoms with van der Waals surface area (Å²) in [5.74, 6) is 0.613. The predicted octanol–water partition coefficient (Wildman–Crippen LogP) is 2.09. The quantitative estimate of drug-likeness (QED) is 0.880. The Morgan fingerprint density at radius 2 is 1.88 bits per heavy atom. The second-order valence-electron chi connectivity index (χ2n) is 6.14. The van der Waals surface area contributed by atoms with E-state index in [9.17, 15) is 4.79 Å². The number of carbonyl (C=O) groups excluding carboxylic acids is 1. The number of hydrogen-bond acceptors (Lipinski definition) is 5. The molecule has 128 valence electrons. The average molecular weight is 327 g/mol. The normalized spacial score (nSPS) is 12.1. The van der Waals surface area contributed by atoms with Gasteiger partial charge in [0.2, 0.25) is 11.9 Å². The van der Waals surface area contributed by atoms with E-state index in [0.29, 0.717) is 12.5 Å². The molecule has 0 aliphatic heterocycles. The van der Waals surface area contributed by atoms with Crippen LogP contribution in [-0.4, -0.2) is 53.9 Å². The fourth-order valence-corrected chi connectivity index (χ4v) is 2.63. The minimum Gasteiger partial charge on any atom is -0.357 e. The van der Waals surface area contributed by atoms with Crippen molar-refractivity contribution in [3.05, 3.63) is 53.3 Å². The van der Waals surface area contributed by atoms with Crippen LogP contribution in [0.3, 0.4) is 0 Å². The second-order valence-corrected chi connectivity index (χ2v) is 6.14. The molecule has 1 amide bonds. The van der Waals surface area contributed by atoms with Crippen LogP contribution in [0.15, 0.2) is 36.7 Å². The molecule has 1 heterocycles. The van der Waals surface area contributed by atoms with E-state index in [-0.39, 0.29) is 11.9 Å². The van der Waals surface area contributed by atoms with Crippen molar-refractivity contribution >= 4 is 11.9 Å². The summed E-state index contributed by atoms with van der Waals surface area (Å²) in [5, 5.41) is 2.88. The number of aryl methyl sites for hydroxylation is 1. The van der Waals surface area contributed by atoms with Crippen molar-refractivity contribution < 1.29 is 4.79 Å². The first-order chi connectivity index (χ1) is 11.4. The van der Waals surface area contributed by atoms with Gasteiger partial charge in [-0.05, 0) is 26.6 Å². The molecule has 6 nitrogen and oxygen atoms in total. The van der Waals surface area contributed by atoms with Crippen molar-refractivity contribution in [2.24, 2.45) is 0 Å². The van der Waals surface area contributed by atoms with E-state index in [4.69, 9.17) is 0 Å². The summed E-state index contributed by atoms with van der Waals surface area (Å²) >= 11 is 0. The maximum absolute atomic E-state index is 13.0. The molecule has 1 atom stereocenters. The molecule has 2 aromatic rings. The summed E-state index contributed by atoms with van der Waals surface area (Å²) in [6.45, 7) is 2.50. The number of benzene rings is 1. The Labute approximate surface area is 143 Å². The van der Waals surface area contributed by atoms with Gasteiger partial charge in [-0.1, -0.05) is 29.8 Å². The minimum atomic E-state index is -0.313. The van der Waals surface area contributed by atoms with Crippen LogP contribution in [0.2, 0.25) is 0 Å². The average Bonchev–Trinajstić information content (AvgIpc) is 2.55. The molecule has 6 heteroatoms. The van der Waals surface area contributed by atoms with Gasteiger partial charge >= 0.3 is 0 Å². The Kier molecular flexibility index (Phi) is 5.87. The van der Waals surface area contributed by atoms with Crippen LogP contribution >= 0.6 is 0 Å². The monoisotopic (exact) mass is 327 g/mol. The molecule has 2 rings (SSSR count). The molecule has 1 aromatic heterocycles. The number of likely N-dealkylation sites (N-methyl/N-ethyl adjacent to an activating group) is 2. The van der Waals surface area contributed by atoms with Gasteiger partial charge in [0, 0.05) is 38.6 Å². The maximum Gasteiger partial charge on any atom is 0.244 e. The van der Waals surface area contributed by atoms with Crippen LogP contribution in [0, 0.1) is 6.92 Å². The van der Waals surface area contributed by atoms with E-state index in [2.05, 4.69) is 21.4 Å². The lowest BCUT2D eigenvalue weighted by Gasteiger charge is -2.28. The molecular weight excluding hydrogens is 302 g/mol. The molecular formula is C18H25N5O. The SMILES string of the molecule is CNc1ncc(CN(C)C(=O)[C@H](c2cccc(C)c2)N(C)C)cn1. The van der Waals surface area contributed by atoms with Gasteiger partial charge in [0.1, 0.15) is 6.04 Å². The van der Waals surface area contributed by atoms with E-state index in [1.807, 2.05) is 44.1 Å². The van der Waals surface area contributed by atoms with E-state index in [1.165, 1.54) is 0 Å². The van der Waals surface area contributed by atoms with Crippen molar-refractivity contribution in [1.29, 1.82) is 0 Å². The summed E-state index contributed by atoms with van der Waals surface area (Å²) in [4.78, 5) is 25.0. The summed E-state index contributed by atoms with van der Waals surface area (Å²) < 4.78 is 0. The Morgan fingerprint density at radius 3 is 2.42 bits per heavy atom. The van der Waals surface area contributed by atoms with Crippen LogP contribution in [0.5, 0.6) is 0 Å². The number of hydrogen-bond donors (Lipinski definition) is 1. The van der Waals surface area contributed by atoms with Crippen LogP contribution in [-0.2, 0) is 11.3 Å². The predicted molar refractivity (Wildman–Crippen MR) is 95.7 cm³/mol. The molecule has 0 aliphatic rings. The Morgan fingerprint density at radius 1 is 1.21 bits per heavy atom. The first-order valence-corrected chi connectivity index (χ1v) is 7.89. The Hall–Kier alpha value is -2.47. The van der Waals surface area contributed by atoms with Gasteiger partial charge < -0.3 is 10.2 Å². The van der Waals surface area contributed by atoms with Crippen molar-refractivity contribution in [1.82, 2.24) is 19.8 Å². The molecule has 0 aliphatic carbocycles.